The van der Waals surface area contributed by atoms with Crippen molar-refractivity contribution in [2.45, 2.75) is 59.7 Å². The Morgan fingerprint density at radius 3 is 0.783 bits per heavy atom. The molecule has 0 N–H and O–H groups in total. The monoisotopic (exact) mass is 846 g/mol. The molecule has 2 aromatic carbocycles. The predicted molar refractivity (Wildman–Crippen MR) is 117 cm³/mol. The van der Waals surface area contributed by atoms with Crippen molar-refractivity contribution >= 4 is 31.9 Å². The van der Waals surface area contributed by atoms with Crippen molar-refractivity contribution in [3.05, 3.63) is 56.5 Å². The number of halogens is 24. The first-order valence-corrected chi connectivity index (χ1v) is 12.3. The topological polar surface area (TPSA) is 0 Å². The fraction of sp³-hybridized carbons (Fsp3) is 0.455. The lowest BCUT2D eigenvalue weighted by Gasteiger charge is -2.39. The molecule has 0 atom stereocenters. The summed E-state index contributed by atoms with van der Waals surface area (Å²) in [4.78, 5) is 0. The fourth-order valence-corrected chi connectivity index (χ4v) is 4.23. The van der Waals surface area contributed by atoms with E-state index in [9.17, 15) is 79.0 Å². The summed E-state index contributed by atoms with van der Waals surface area (Å²) >= 11 is 4.52. The third-order valence-corrected chi connectivity index (χ3v) is 6.99. The van der Waals surface area contributed by atoms with Crippen LogP contribution in [-0.4, -0.2) is 47.9 Å². The van der Waals surface area contributed by atoms with Gasteiger partial charge in [0.2, 0.25) is 0 Å². The van der Waals surface area contributed by atoms with E-state index in [1.54, 1.807) is 0 Å². The summed E-state index contributed by atoms with van der Waals surface area (Å²) < 4.78 is 300. The molecule has 0 aliphatic carbocycles. The SMILES string of the molecule is FC(F)(F)C(F)(F)C(F)(F)C(F)(F)C(F)(F)c1cc(Br)ccc1-c1ccc(Br)cc1C(F)(F)C(F)(F)C(F)(F)C(F)(F)C(F)(F)F. The number of hydrogen-bond acceptors (Lipinski definition) is 0. The second-order valence-electron chi connectivity index (χ2n) is 8.97. The first-order chi connectivity index (χ1) is 20.0. The summed E-state index contributed by atoms with van der Waals surface area (Å²) in [6.45, 7) is 0. The van der Waals surface area contributed by atoms with Gasteiger partial charge in [-0.3, -0.25) is 0 Å². The van der Waals surface area contributed by atoms with Crippen molar-refractivity contribution < 1.29 is 96.6 Å². The first kappa shape index (κ1) is 40.0. The molecule has 0 aliphatic rings. The normalized spacial score (nSPS) is 15.4. The predicted octanol–water partition coefficient (Wildman–Crippen LogP) is 12.0. The Kier molecular flexibility index (Phi) is 9.75. The molecule has 0 amide bonds. The van der Waals surface area contributed by atoms with E-state index in [-0.39, 0.29) is 12.1 Å². The third-order valence-electron chi connectivity index (χ3n) is 6.01. The highest BCUT2D eigenvalue weighted by Crippen LogP contribution is 2.63. The molecule has 24 heteroatoms. The second-order valence-corrected chi connectivity index (χ2v) is 10.8. The molecule has 0 fully saturated rings. The van der Waals surface area contributed by atoms with E-state index in [2.05, 4.69) is 31.9 Å². The lowest BCUT2D eigenvalue weighted by Crippen LogP contribution is -2.65. The van der Waals surface area contributed by atoms with Crippen LogP contribution in [0.2, 0.25) is 0 Å². The highest BCUT2D eigenvalue weighted by Gasteiger charge is 2.89. The summed E-state index contributed by atoms with van der Waals surface area (Å²) in [6, 6.07) is -0.840. The zero-order valence-corrected chi connectivity index (χ0v) is 23.7. The minimum Gasteiger partial charge on any atom is -0.194 e. The van der Waals surface area contributed by atoms with Crippen molar-refractivity contribution in [3.63, 3.8) is 0 Å². The molecule has 0 heterocycles. The van der Waals surface area contributed by atoms with Crippen molar-refractivity contribution in [1.82, 2.24) is 0 Å². The van der Waals surface area contributed by atoms with Gasteiger partial charge in [-0.05, 0) is 35.4 Å². The van der Waals surface area contributed by atoms with Crippen LogP contribution >= 0.6 is 31.9 Å². The van der Waals surface area contributed by atoms with Gasteiger partial charge >= 0.3 is 59.7 Å². The van der Waals surface area contributed by atoms with E-state index >= 15 is 17.6 Å². The zero-order chi connectivity index (χ0) is 36.7. The van der Waals surface area contributed by atoms with Crippen molar-refractivity contribution in [1.29, 1.82) is 0 Å². The Labute approximate surface area is 256 Å². The van der Waals surface area contributed by atoms with Gasteiger partial charge in [0.15, 0.2) is 0 Å². The lowest BCUT2D eigenvalue weighted by molar-refractivity contribution is -0.424. The molecule has 262 valence electrons. The molecule has 0 saturated heterocycles. The van der Waals surface area contributed by atoms with Crippen molar-refractivity contribution in [3.8, 4) is 11.1 Å². The van der Waals surface area contributed by atoms with Crippen LogP contribution in [0.1, 0.15) is 11.1 Å². The van der Waals surface area contributed by atoms with Gasteiger partial charge in [-0.15, -0.1) is 0 Å². The first-order valence-electron chi connectivity index (χ1n) is 10.8. The summed E-state index contributed by atoms with van der Waals surface area (Å²) in [6.07, 6.45) is -15.3. The van der Waals surface area contributed by atoms with Crippen molar-refractivity contribution in [2.24, 2.45) is 0 Å². The molecule has 0 radical (unpaired) electrons. The van der Waals surface area contributed by atoms with Crippen LogP contribution in [0, 0.1) is 0 Å². The second kappa shape index (κ2) is 11.2. The van der Waals surface area contributed by atoms with Gasteiger partial charge in [0.25, 0.3) is 0 Å². The summed E-state index contributed by atoms with van der Waals surface area (Å²) in [5, 5.41) is 0. The van der Waals surface area contributed by atoms with Crippen LogP contribution < -0.4 is 0 Å². The smallest absolute Gasteiger partial charge is 0.194 e. The van der Waals surface area contributed by atoms with Crippen LogP contribution in [0.5, 0.6) is 0 Å². The molecule has 2 rings (SSSR count). The van der Waals surface area contributed by atoms with Gasteiger partial charge in [0.05, 0.1) is 0 Å². The summed E-state index contributed by atoms with van der Waals surface area (Å²) in [7, 11) is 0. The van der Waals surface area contributed by atoms with Crippen LogP contribution in [0.25, 0.3) is 11.1 Å². The lowest BCUT2D eigenvalue weighted by atomic mass is 9.84. The quantitative estimate of drug-likeness (QED) is 0.221. The molecule has 0 bridgehead atoms. The maximum atomic E-state index is 15.1. The Balaban J connectivity index is 3.02. The number of hydrogen-bond donors (Lipinski definition) is 0. The molecule has 2 aromatic rings. The number of alkyl halides is 22. The summed E-state index contributed by atoms with van der Waals surface area (Å²) in [5.41, 5.74) is -10.4. The average molecular weight is 848 g/mol. The molecular formula is C22H6Br2F22. The molecule has 0 aliphatic heterocycles. The molecule has 0 saturated carbocycles. The van der Waals surface area contributed by atoms with Gasteiger partial charge in [0, 0.05) is 20.1 Å². The molecular weight excluding hydrogens is 842 g/mol. The standard InChI is InChI=1S/C22H6Br2F22/c23-7-1-3-9(11(5-7)13(25,26)15(29,30)17(33,34)19(37,38)21(41,42)43)10-4-2-8(24)6-12(10)14(27,28)16(31,32)18(35,36)20(39,40)22(44,45)46/h1-6H. The maximum absolute atomic E-state index is 15.1. The molecule has 0 nitrogen and oxygen atoms in total. The van der Waals surface area contributed by atoms with Crippen LogP contribution in [0.4, 0.5) is 96.6 Å². The Hall–Kier alpha value is -2.14. The zero-order valence-electron chi connectivity index (χ0n) is 20.5. The number of benzene rings is 2. The molecule has 0 aromatic heterocycles. The fourth-order valence-electron chi connectivity index (χ4n) is 3.51. The molecule has 0 spiro atoms. The van der Waals surface area contributed by atoms with Gasteiger partial charge in [-0.1, -0.05) is 44.0 Å². The van der Waals surface area contributed by atoms with E-state index in [0.29, 0.717) is 12.1 Å². The highest BCUT2D eigenvalue weighted by molar-refractivity contribution is 9.10. The van der Waals surface area contributed by atoms with Crippen molar-refractivity contribution in [2.75, 3.05) is 0 Å². The van der Waals surface area contributed by atoms with E-state index in [1.807, 2.05) is 0 Å². The number of rotatable bonds is 9. The van der Waals surface area contributed by atoms with Crippen LogP contribution in [0.15, 0.2) is 45.3 Å². The minimum absolute atomic E-state index is 0.188. The van der Waals surface area contributed by atoms with E-state index in [0.717, 1.165) is 0 Å². The summed E-state index contributed by atoms with van der Waals surface area (Å²) in [5.74, 6) is -62.0. The van der Waals surface area contributed by atoms with E-state index in [1.165, 1.54) is 0 Å². The Morgan fingerprint density at radius 1 is 0.326 bits per heavy atom. The molecule has 0 unspecified atom stereocenters. The van der Waals surface area contributed by atoms with Crippen LogP contribution in [0.3, 0.4) is 0 Å². The molecule has 46 heavy (non-hydrogen) atoms. The highest BCUT2D eigenvalue weighted by atomic mass is 79.9. The Morgan fingerprint density at radius 2 is 0.565 bits per heavy atom. The minimum atomic E-state index is -8.09. The van der Waals surface area contributed by atoms with Gasteiger partial charge < -0.3 is 0 Å². The maximum Gasteiger partial charge on any atom is 0.460 e. The van der Waals surface area contributed by atoms with Gasteiger partial charge in [-0.2, -0.15) is 96.6 Å². The van der Waals surface area contributed by atoms with E-state index < -0.39 is 103 Å². The van der Waals surface area contributed by atoms with E-state index in [4.69, 9.17) is 0 Å². The largest absolute Gasteiger partial charge is 0.460 e. The van der Waals surface area contributed by atoms with Crippen LogP contribution in [-0.2, 0) is 11.8 Å². The Bertz CT molecular complexity index is 1340. The van der Waals surface area contributed by atoms with Gasteiger partial charge in [-0.25, -0.2) is 0 Å². The third kappa shape index (κ3) is 5.59. The van der Waals surface area contributed by atoms with Gasteiger partial charge in [0.1, 0.15) is 0 Å². The average Bonchev–Trinajstić information content (AvgIpc) is 2.86.